The average molecular weight is 452 g/mol. The minimum Gasteiger partial charge on any atom is -0.455 e. The number of halogens is 3. The smallest absolute Gasteiger partial charge is 0.416 e. The third kappa shape index (κ3) is 4.24. The Kier molecular flexibility index (Phi) is 5.76. The third-order valence-electron chi connectivity index (χ3n) is 5.40. The highest BCUT2D eigenvalue weighted by molar-refractivity contribution is 5.85. The molecule has 0 fully saturated rings. The molecule has 2 aromatic heterocycles. The monoisotopic (exact) mass is 452 g/mol. The Morgan fingerprint density at radius 1 is 1.09 bits per heavy atom. The first-order chi connectivity index (χ1) is 15.7. The number of carbonyl (C=O) groups excluding carboxylic acids is 1. The average Bonchev–Trinajstić information content (AvgIpc) is 2.81. The Morgan fingerprint density at radius 2 is 1.82 bits per heavy atom. The van der Waals surface area contributed by atoms with Crippen LogP contribution in [0.1, 0.15) is 40.1 Å². The zero-order valence-electron chi connectivity index (χ0n) is 17.7. The zero-order valence-corrected chi connectivity index (χ0v) is 17.7. The van der Waals surface area contributed by atoms with Crippen molar-refractivity contribution in [3.63, 3.8) is 0 Å². The second kappa shape index (κ2) is 8.54. The number of fused-ring (bicyclic) bond motifs is 1. The van der Waals surface area contributed by atoms with E-state index in [4.69, 9.17) is 4.42 Å². The normalized spacial score (nSPS) is 12.5. The van der Waals surface area contributed by atoms with E-state index in [-0.39, 0.29) is 33.6 Å². The molecule has 0 radical (unpaired) electrons. The van der Waals surface area contributed by atoms with Crippen molar-refractivity contribution in [3.8, 4) is 11.3 Å². The van der Waals surface area contributed by atoms with E-state index in [0.29, 0.717) is 17.5 Å². The maximum absolute atomic E-state index is 13.7. The zero-order chi connectivity index (χ0) is 23.8. The quantitative estimate of drug-likeness (QED) is 0.367. The number of aldehydes is 1. The lowest BCUT2D eigenvalue weighted by atomic mass is 9.98. The third-order valence-corrected chi connectivity index (χ3v) is 5.40. The maximum Gasteiger partial charge on any atom is 0.416 e. The van der Waals surface area contributed by atoms with Gasteiger partial charge in [0.2, 0.25) is 0 Å². The molecular weight excluding hydrogens is 433 g/mol. The minimum absolute atomic E-state index is 0.0500. The van der Waals surface area contributed by atoms with Gasteiger partial charge < -0.3 is 9.73 Å². The summed E-state index contributed by atoms with van der Waals surface area (Å²) >= 11 is 0. The minimum atomic E-state index is -4.66. The highest BCUT2D eigenvalue weighted by Crippen LogP contribution is 2.37. The molecule has 168 valence electrons. The van der Waals surface area contributed by atoms with Crippen molar-refractivity contribution in [2.45, 2.75) is 26.1 Å². The largest absolute Gasteiger partial charge is 0.455 e. The van der Waals surface area contributed by atoms with Crippen LogP contribution < -0.4 is 10.7 Å². The molecule has 0 saturated carbocycles. The Bertz CT molecular complexity index is 1400. The fourth-order valence-electron chi connectivity index (χ4n) is 3.71. The van der Waals surface area contributed by atoms with Crippen molar-refractivity contribution in [3.05, 3.63) is 93.4 Å². The van der Waals surface area contributed by atoms with Crippen LogP contribution in [-0.4, -0.2) is 11.3 Å². The first kappa shape index (κ1) is 22.3. The second-order valence-corrected chi connectivity index (χ2v) is 7.61. The molecule has 0 aliphatic carbocycles. The number of alkyl halides is 3. The summed E-state index contributed by atoms with van der Waals surface area (Å²) in [5.74, 6) is 0.288. The summed E-state index contributed by atoms with van der Waals surface area (Å²) in [7, 11) is 0. The van der Waals surface area contributed by atoms with Crippen LogP contribution in [0.4, 0.5) is 18.9 Å². The molecule has 0 spiro atoms. The summed E-state index contributed by atoms with van der Waals surface area (Å²) < 4.78 is 47.1. The molecule has 4 rings (SSSR count). The first-order valence-electron chi connectivity index (χ1n) is 10.1. The van der Waals surface area contributed by atoms with Gasteiger partial charge in [-0.2, -0.15) is 13.2 Å². The van der Waals surface area contributed by atoms with Gasteiger partial charge in [-0.15, -0.1) is 0 Å². The predicted molar refractivity (Wildman–Crippen MR) is 119 cm³/mol. The van der Waals surface area contributed by atoms with E-state index in [1.807, 2.05) is 6.07 Å². The number of nitrogens with one attached hydrogen (secondary N) is 1. The SMILES string of the molecule is Cc1c(-c2ccccc2)oc2c(C(C)Nc3cccnc3C=O)cc(C(F)(F)F)cc2c1=O. The Labute approximate surface area is 186 Å². The number of carbonyl (C=O) groups is 1. The van der Waals surface area contributed by atoms with Crippen LogP contribution in [-0.2, 0) is 6.18 Å². The number of hydrogen-bond donors (Lipinski definition) is 1. The van der Waals surface area contributed by atoms with Crippen LogP contribution in [0.3, 0.4) is 0 Å². The topological polar surface area (TPSA) is 72.2 Å². The van der Waals surface area contributed by atoms with Crippen molar-refractivity contribution in [1.29, 1.82) is 0 Å². The summed E-state index contributed by atoms with van der Waals surface area (Å²) in [6, 6.07) is 13.1. The predicted octanol–water partition coefficient (Wildman–Crippen LogP) is 6.17. The summed E-state index contributed by atoms with van der Waals surface area (Å²) in [4.78, 5) is 28.4. The van der Waals surface area contributed by atoms with Gasteiger partial charge in [-0.1, -0.05) is 30.3 Å². The van der Waals surface area contributed by atoms with Crippen LogP contribution in [0, 0.1) is 6.92 Å². The molecule has 4 aromatic rings. The van der Waals surface area contributed by atoms with E-state index >= 15 is 0 Å². The van der Waals surface area contributed by atoms with E-state index in [1.165, 1.54) is 13.1 Å². The van der Waals surface area contributed by atoms with Gasteiger partial charge in [-0.05, 0) is 38.1 Å². The molecule has 2 aromatic carbocycles. The van der Waals surface area contributed by atoms with Gasteiger partial charge in [-0.25, -0.2) is 0 Å². The molecule has 0 saturated heterocycles. The number of aromatic nitrogens is 1. The molecule has 8 heteroatoms. The van der Waals surface area contributed by atoms with E-state index in [9.17, 15) is 22.8 Å². The van der Waals surface area contributed by atoms with Crippen molar-refractivity contribution in [2.75, 3.05) is 5.32 Å². The highest BCUT2D eigenvalue weighted by atomic mass is 19.4. The van der Waals surface area contributed by atoms with Gasteiger partial charge >= 0.3 is 6.18 Å². The van der Waals surface area contributed by atoms with Gasteiger partial charge in [0.1, 0.15) is 17.0 Å². The molecule has 2 heterocycles. The summed E-state index contributed by atoms with van der Waals surface area (Å²) in [6.45, 7) is 3.15. The first-order valence-corrected chi connectivity index (χ1v) is 10.1. The van der Waals surface area contributed by atoms with Crippen LogP contribution in [0.25, 0.3) is 22.3 Å². The fourth-order valence-corrected chi connectivity index (χ4v) is 3.71. The number of benzene rings is 2. The van der Waals surface area contributed by atoms with Crippen LogP contribution in [0.5, 0.6) is 0 Å². The van der Waals surface area contributed by atoms with Crippen LogP contribution in [0.15, 0.2) is 70.0 Å². The molecule has 1 unspecified atom stereocenters. The van der Waals surface area contributed by atoms with Gasteiger partial charge in [0.05, 0.1) is 22.7 Å². The Balaban J connectivity index is 1.97. The van der Waals surface area contributed by atoms with E-state index in [2.05, 4.69) is 10.3 Å². The standard InChI is InChI=1S/C25H19F3N2O3/c1-14-22(32)19-12-17(25(26,27)28)11-18(15(2)30-20-9-6-10-29-21(20)13-31)24(19)33-23(14)16-7-4-3-5-8-16/h3-13,15,30H,1-2H3. The van der Waals surface area contributed by atoms with Gasteiger partial charge in [-0.3, -0.25) is 14.6 Å². The van der Waals surface area contributed by atoms with Gasteiger partial charge in [0.15, 0.2) is 11.7 Å². The molecular formula is C25H19F3N2O3. The van der Waals surface area contributed by atoms with Crippen molar-refractivity contribution in [2.24, 2.45) is 0 Å². The number of hydrogen-bond acceptors (Lipinski definition) is 5. The number of nitrogens with zero attached hydrogens (tertiary/aromatic N) is 1. The molecule has 1 N–H and O–H groups in total. The Hall–Kier alpha value is -3.94. The lowest BCUT2D eigenvalue weighted by Gasteiger charge is -2.20. The van der Waals surface area contributed by atoms with Gasteiger partial charge in [0, 0.05) is 22.9 Å². The number of anilines is 1. The summed E-state index contributed by atoms with van der Waals surface area (Å²) in [5.41, 5.74) is 0.00489. The summed E-state index contributed by atoms with van der Waals surface area (Å²) in [5, 5.41) is 2.86. The van der Waals surface area contributed by atoms with Crippen molar-refractivity contribution < 1.29 is 22.4 Å². The van der Waals surface area contributed by atoms with Crippen LogP contribution in [0.2, 0.25) is 0 Å². The molecule has 0 aliphatic rings. The lowest BCUT2D eigenvalue weighted by Crippen LogP contribution is -2.15. The Morgan fingerprint density at radius 3 is 2.48 bits per heavy atom. The molecule has 0 aliphatic heterocycles. The molecule has 1 atom stereocenters. The van der Waals surface area contributed by atoms with E-state index in [0.717, 1.165) is 12.1 Å². The second-order valence-electron chi connectivity index (χ2n) is 7.61. The molecule has 0 amide bonds. The van der Waals surface area contributed by atoms with Crippen molar-refractivity contribution in [1.82, 2.24) is 4.98 Å². The van der Waals surface area contributed by atoms with Crippen molar-refractivity contribution >= 4 is 22.9 Å². The van der Waals surface area contributed by atoms with E-state index < -0.39 is 23.2 Å². The molecule has 33 heavy (non-hydrogen) atoms. The highest BCUT2D eigenvalue weighted by Gasteiger charge is 2.33. The molecule has 0 bridgehead atoms. The number of pyridine rings is 1. The summed E-state index contributed by atoms with van der Waals surface area (Å²) in [6.07, 6.45) is -2.67. The van der Waals surface area contributed by atoms with Gasteiger partial charge in [0.25, 0.3) is 0 Å². The van der Waals surface area contributed by atoms with Crippen LogP contribution >= 0.6 is 0 Å². The van der Waals surface area contributed by atoms with E-state index in [1.54, 1.807) is 43.3 Å². The fraction of sp³-hybridized carbons (Fsp3) is 0.160. The molecule has 5 nitrogen and oxygen atoms in total. The maximum atomic E-state index is 13.7. The number of rotatable bonds is 5. The lowest BCUT2D eigenvalue weighted by molar-refractivity contribution is -0.137.